The summed E-state index contributed by atoms with van der Waals surface area (Å²) in [5, 5.41) is 0.749. The summed E-state index contributed by atoms with van der Waals surface area (Å²) in [6.07, 6.45) is 3.80. The van der Waals surface area contributed by atoms with E-state index in [1.165, 1.54) is 6.20 Å². The van der Waals surface area contributed by atoms with Crippen molar-refractivity contribution in [3.05, 3.63) is 88.3 Å². The van der Waals surface area contributed by atoms with Gasteiger partial charge in [-0.15, -0.1) is 0 Å². The number of hydrogen-bond donors (Lipinski definition) is 1. The largest absolute Gasteiger partial charge is 0.384 e. The molecule has 3 heterocycles. The number of nitrogen functional groups attached to an aromatic ring is 1. The van der Waals surface area contributed by atoms with E-state index in [4.69, 9.17) is 22.1 Å². The summed E-state index contributed by atoms with van der Waals surface area (Å²) in [5.74, 6) is 0.309. The van der Waals surface area contributed by atoms with E-state index in [-0.39, 0.29) is 12.0 Å². The summed E-state index contributed by atoms with van der Waals surface area (Å²) >= 11 is 6.24. The van der Waals surface area contributed by atoms with Crippen LogP contribution in [0.2, 0.25) is 5.02 Å². The summed E-state index contributed by atoms with van der Waals surface area (Å²) in [4.78, 5) is 23.1. The Balaban J connectivity index is 1.43. The first kappa shape index (κ1) is 19.4. The average Bonchev–Trinajstić information content (AvgIpc) is 2.76. The molecule has 1 saturated heterocycles. The van der Waals surface area contributed by atoms with Gasteiger partial charge in [0.1, 0.15) is 11.9 Å². The zero-order chi connectivity index (χ0) is 20.2. The summed E-state index contributed by atoms with van der Waals surface area (Å²) in [7, 11) is 0. The summed E-state index contributed by atoms with van der Waals surface area (Å²) in [6, 6.07) is 15.1. The minimum atomic E-state index is -0.260. The van der Waals surface area contributed by atoms with Crippen LogP contribution in [0.1, 0.15) is 33.3 Å². The fourth-order valence-corrected chi connectivity index (χ4v) is 3.52. The fraction of sp³-hybridized carbons (Fsp3) is 0.227. The van der Waals surface area contributed by atoms with Crippen molar-refractivity contribution in [3.8, 4) is 0 Å². The summed E-state index contributed by atoms with van der Waals surface area (Å²) in [6.45, 7) is 1.44. The average molecular weight is 409 g/mol. The molecule has 1 aromatic carbocycles. The quantitative estimate of drug-likeness (QED) is 0.714. The Morgan fingerprint density at radius 2 is 2.00 bits per heavy atom. The molecule has 2 N–H and O–H groups in total. The van der Waals surface area contributed by atoms with E-state index in [2.05, 4.69) is 9.97 Å². The molecule has 1 aliphatic heterocycles. The highest BCUT2D eigenvalue weighted by Crippen LogP contribution is 2.23. The van der Waals surface area contributed by atoms with Gasteiger partial charge in [-0.05, 0) is 35.4 Å². The Labute approximate surface area is 174 Å². The molecule has 0 saturated carbocycles. The number of hydrogen-bond acceptors (Lipinski definition) is 5. The number of anilines is 1. The van der Waals surface area contributed by atoms with Crippen LogP contribution in [0, 0.1) is 0 Å². The van der Waals surface area contributed by atoms with Gasteiger partial charge in [0, 0.05) is 30.4 Å². The highest BCUT2D eigenvalue weighted by Gasteiger charge is 2.27. The van der Waals surface area contributed by atoms with Gasteiger partial charge in [0.05, 0.1) is 24.4 Å². The number of pyridine rings is 2. The molecule has 29 heavy (non-hydrogen) atoms. The van der Waals surface area contributed by atoms with Gasteiger partial charge in [-0.1, -0.05) is 35.9 Å². The Hall–Kier alpha value is -2.96. The van der Waals surface area contributed by atoms with Crippen LogP contribution in [-0.2, 0) is 11.2 Å². The maximum atomic E-state index is 12.7. The first-order valence-electron chi connectivity index (χ1n) is 9.41. The van der Waals surface area contributed by atoms with Gasteiger partial charge in [0.15, 0.2) is 0 Å². The number of halogens is 1. The van der Waals surface area contributed by atoms with Crippen molar-refractivity contribution in [2.24, 2.45) is 0 Å². The molecule has 1 aliphatic rings. The molecule has 6 nitrogen and oxygen atoms in total. The van der Waals surface area contributed by atoms with Crippen LogP contribution < -0.4 is 5.73 Å². The molecule has 3 aromatic rings. The number of carbonyl (C=O) groups is 1. The second-order valence-electron chi connectivity index (χ2n) is 6.94. The Bertz CT molecular complexity index is 992. The van der Waals surface area contributed by atoms with Crippen molar-refractivity contribution in [2.45, 2.75) is 12.5 Å². The minimum Gasteiger partial charge on any atom is -0.384 e. The van der Waals surface area contributed by atoms with E-state index in [0.29, 0.717) is 37.5 Å². The highest BCUT2D eigenvalue weighted by atomic mass is 35.5. The molecular weight excluding hydrogens is 388 g/mol. The lowest BCUT2D eigenvalue weighted by Crippen LogP contribution is -2.42. The molecule has 0 unspecified atom stereocenters. The standard InChI is InChI=1S/C22H21ClN4O2/c23-18-4-2-1-3-16(18)11-15-5-7-19(25-12-15)20-14-27(9-10-29-20)22(28)17-6-8-21(24)26-13-17/h1-8,12-13,20H,9-11,14H2,(H2,24,26)/t20-/m1/s1. The summed E-state index contributed by atoms with van der Waals surface area (Å²) in [5.41, 5.74) is 9.05. The van der Waals surface area contributed by atoms with Crippen LogP contribution in [0.15, 0.2) is 60.9 Å². The van der Waals surface area contributed by atoms with Crippen LogP contribution in [0.25, 0.3) is 0 Å². The van der Waals surface area contributed by atoms with Crippen LogP contribution in [0.4, 0.5) is 5.82 Å². The first-order chi connectivity index (χ1) is 14.1. The maximum absolute atomic E-state index is 12.7. The number of ether oxygens (including phenoxy) is 1. The molecule has 0 bridgehead atoms. The summed E-state index contributed by atoms with van der Waals surface area (Å²) < 4.78 is 5.86. The smallest absolute Gasteiger partial charge is 0.255 e. The van der Waals surface area contributed by atoms with Gasteiger partial charge < -0.3 is 15.4 Å². The molecular formula is C22H21ClN4O2. The Kier molecular flexibility index (Phi) is 5.74. The number of nitrogens with zero attached hydrogens (tertiary/aromatic N) is 3. The molecule has 4 rings (SSSR count). The molecule has 2 aromatic heterocycles. The van der Waals surface area contributed by atoms with Crippen LogP contribution in [-0.4, -0.2) is 40.5 Å². The fourth-order valence-electron chi connectivity index (χ4n) is 3.32. The van der Waals surface area contributed by atoms with Gasteiger partial charge >= 0.3 is 0 Å². The van der Waals surface area contributed by atoms with E-state index >= 15 is 0 Å². The molecule has 0 aliphatic carbocycles. The number of aromatic nitrogens is 2. The van der Waals surface area contributed by atoms with E-state index in [0.717, 1.165) is 21.8 Å². The Morgan fingerprint density at radius 3 is 2.72 bits per heavy atom. The van der Waals surface area contributed by atoms with Crippen molar-refractivity contribution in [1.82, 2.24) is 14.9 Å². The van der Waals surface area contributed by atoms with Crippen molar-refractivity contribution >= 4 is 23.3 Å². The number of amides is 1. The lowest BCUT2D eigenvalue weighted by Gasteiger charge is -2.32. The number of carbonyl (C=O) groups excluding carboxylic acids is 1. The van der Waals surface area contributed by atoms with Crippen molar-refractivity contribution in [2.75, 3.05) is 25.4 Å². The van der Waals surface area contributed by atoms with Gasteiger partial charge in [-0.2, -0.15) is 0 Å². The Morgan fingerprint density at radius 1 is 1.14 bits per heavy atom. The highest BCUT2D eigenvalue weighted by molar-refractivity contribution is 6.31. The zero-order valence-corrected chi connectivity index (χ0v) is 16.5. The lowest BCUT2D eigenvalue weighted by atomic mass is 10.1. The lowest BCUT2D eigenvalue weighted by molar-refractivity contribution is -0.0247. The van der Waals surface area contributed by atoms with E-state index < -0.39 is 0 Å². The maximum Gasteiger partial charge on any atom is 0.255 e. The third kappa shape index (κ3) is 4.55. The van der Waals surface area contributed by atoms with Gasteiger partial charge in [-0.3, -0.25) is 9.78 Å². The number of benzene rings is 1. The van der Waals surface area contributed by atoms with E-state index in [1.807, 2.05) is 42.6 Å². The molecule has 7 heteroatoms. The van der Waals surface area contributed by atoms with Gasteiger partial charge in [0.25, 0.3) is 5.91 Å². The van der Waals surface area contributed by atoms with E-state index in [9.17, 15) is 4.79 Å². The van der Waals surface area contributed by atoms with Crippen LogP contribution in [0.3, 0.4) is 0 Å². The second kappa shape index (κ2) is 8.59. The number of rotatable bonds is 4. The third-order valence-corrected chi connectivity index (χ3v) is 5.29. The molecule has 1 fully saturated rings. The number of nitrogens with two attached hydrogens (primary N) is 1. The second-order valence-corrected chi connectivity index (χ2v) is 7.35. The molecule has 148 valence electrons. The van der Waals surface area contributed by atoms with Crippen LogP contribution in [0.5, 0.6) is 0 Å². The van der Waals surface area contributed by atoms with Crippen molar-refractivity contribution in [3.63, 3.8) is 0 Å². The van der Waals surface area contributed by atoms with Gasteiger partial charge in [-0.25, -0.2) is 4.98 Å². The molecule has 1 atom stereocenters. The molecule has 0 radical (unpaired) electrons. The minimum absolute atomic E-state index is 0.0823. The first-order valence-corrected chi connectivity index (χ1v) is 9.78. The normalized spacial score (nSPS) is 16.6. The van der Waals surface area contributed by atoms with Crippen molar-refractivity contribution in [1.29, 1.82) is 0 Å². The van der Waals surface area contributed by atoms with Crippen LogP contribution >= 0.6 is 11.6 Å². The predicted octanol–water partition coefficient (Wildman–Crippen LogP) is 3.52. The topological polar surface area (TPSA) is 81.3 Å². The van der Waals surface area contributed by atoms with Crippen molar-refractivity contribution < 1.29 is 9.53 Å². The molecule has 0 spiro atoms. The molecule has 1 amide bonds. The van der Waals surface area contributed by atoms with Gasteiger partial charge in [0.2, 0.25) is 0 Å². The number of morpholine rings is 1. The van der Waals surface area contributed by atoms with E-state index in [1.54, 1.807) is 17.0 Å². The monoisotopic (exact) mass is 408 g/mol. The predicted molar refractivity (Wildman–Crippen MR) is 112 cm³/mol. The SMILES string of the molecule is Nc1ccc(C(=O)N2CCO[C@@H](c3ccc(Cc4ccccc4Cl)cn3)C2)cn1. The zero-order valence-electron chi connectivity index (χ0n) is 15.8. The third-order valence-electron chi connectivity index (χ3n) is 4.92.